The van der Waals surface area contributed by atoms with Gasteiger partial charge >= 0.3 is 6.18 Å². The van der Waals surface area contributed by atoms with Crippen LogP contribution in [0.1, 0.15) is 5.69 Å². The van der Waals surface area contributed by atoms with Gasteiger partial charge in [0.1, 0.15) is 0 Å². The molecule has 32 heavy (non-hydrogen) atoms. The van der Waals surface area contributed by atoms with Gasteiger partial charge in [0.05, 0.1) is 16.3 Å². The lowest BCUT2D eigenvalue weighted by atomic mass is 9.98. The molecule has 5 nitrogen and oxygen atoms in total. The Hall–Kier alpha value is -3.14. The van der Waals surface area contributed by atoms with Crippen LogP contribution in [0.3, 0.4) is 0 Å². The second-order valence-electron chi connectivity index (χ2n) is 6.89. The highest BCUT2D eigenvalue weighted by molar-refractivity contribution is 7.89. The summed E-state index contributed by atoms with van der Waals surface area (Å²) >= 11 is 5.94. The van der Waals surface area contributed by atoms with Crippen molar-refractivity contribution in [3.63, 3.8) is 0 Å². The minimum atomic E-state index is -4.74. The van der Waals surface area contributed by atoms with Gasteiger partial charge in [-0.05, 0) is 42.0 Å². The van der Waals surface area contributed by atoms with Gasteiger partial charge in [-0.1, -0.05) is 54.1 Å². The fourth-order valence-corrected chi connectivity index (χ4v) is 3.97. The van der Waals surface area contributed by atoms with Gasteiger partial charge in [0.25, 0.3) is 0 Å². The van der Waals surface area contributed by atoms with E-state index in [1.54, 1.807) is 54.6 Å². The van der Waals surface area contributed by atoms with Crippen LogP contribution < -0.4 is 5.14 Å². The molecule has 0 aliphatic rings. The van der Waals surface area contributed by atoms with Gasteiger partial charge in [-0.25, -0.2) is 18.2 Å². The number of hydrogen-bond acceptors (Lipinski definition) is 3. The number of alkyl halides is 3. The lowest BCUT2D eigenvalue weighted by molar-refractivity contribution is -0.140. The number of nitrogens with two attached hydrogens (primary N) is 1. The Kier molecular flexibility index (Phi) is 5.58. The topological polar surface area (TPSA) is 78.0 Å². The Balaban J connectivity index is 2.07. The Bertz CT molecular complexity index is 1370. The number of primary sulfonamides is 1. The molecule has 0 unspecified atom stereocenters. The number of nitrogens with zero attached hydrogens (tertiary/aromatic N) is 2. The van der Waals surface area contributed by atoms with Crippen molar-refractivity contribution < 1.29 is 21.6 Å². The standard InChI is InChI=1S/C22H15ClF3N3O2S/c23-16-8-10-17(11-9-16)29-20(15-6-12-18(13-7-15)32(27,30)31)19(14-4-2-1-3-5-14)21(28-29)22(24,25)26/h1-13H,(H2,27,30,31). The first-order valence-corrected chi connectivity index (χ1v) is 11.1. The number of benzene rings is 3. The van der Waals surface area contributed by atoms with E-state index in [2.05, 4.69) is 5.10 Å². The lowest BCUT2D eigenvalue weighted by Gasteiger charge is -2.12. The van der Waals surface area contributed by atoms with E-state index in [4.69, 9.17) is 16.7 Å². The van der Waals surface area contributed by atoms with Gasteiger partial charge in [-0.15, -0.1) is 0 Å². The summed E-state index contributed by atoms with van der Waals surface area (Å²) in [5.41, 5.74) is -0.0558. The van der Waals surface area contributed by atoms with Crippen molar-refractivity contribution in [3.8, 4) is 28.1 Å². The van der Waals surface area contributed by atoms with Gasteiger partial charge in [0.2, 0.25) is 10.0 Å². The molecule has 3 aromatic carbocycles. The van der Waals surface area contributed by atoms with E-state index in [0.717, 1.165) is 0 Å². The van der Waals surface area contributed by atoms with Crippen LogP contribution in [0.25, 0.3) is 28.1 Å². The first-order valence-electron chi connectivity index (χ1n) is 9.20. The second kappa shape index (κ2) is 8.09. The molecule has 0 saturated heterocycles. The second-order valence-corrected chi connectivity index (χ2v) is 8.89. The maximum atomic E-state index is 14.1. The number of hydrogen-bond donors (Lipinski definition) is 1. The molecule has 0 aliphatic carbocycles. The van der Waals surface area contributed by atoms with Crippen LogP contribution in [0.2, 0.25) is 5.02 Å². The molecule has 0 aliphatic heterocycles. The molecular weight excluding hydrogens is 463 g/mol. The molecule has 1 aromatic heterocycles. The number of halogens is 4. The van der Waals surface area contributed by atoms with Crippen molar-refractivity contribution in [1.82, 2.24) is 9.78 Å². The zero-order chi connectivity index (χ0) is 23.1. The summed E-state index contributed by atoms with van der Waals surface area (Å²) in [7, 11) is -3.97. The van der Waals surface area contributed by atoms with E-state index in [1.165, 1.54) is 28.9 Å². The molecule has 1 heterocycles. The fraction of sp³-hybridized carbons (Fsp3) is 0.0455. The summed E-state index contributed by atoms with van der Waals surface area (Å²) in [5, 5.41) is 9.48. The molecule has 164 valence electrons. The van der Waals surface area contributed by atoms with Crippen LogP contribution in [-0.2, 0) is 16.2 Å². The third-order valence-corrected chi connectivity index (χ3v) is 5.93. The van der Waals surface area contributed by atoms with Gasteiger partial charge in [0.15, 0.2) is 5.69 Å². The molecule has 0 radical (unpaired) electrons. The average Bonchev–Trinajstić information content (AvgIpc) is 3.15. The normalized spacial score (nSPS) is 12.2. The van der Waals surface area contributed by atoms with Crippen LogP contribution in [0.4, 0.5) is 13.2 Å². The molecule has 0 amide bonds. The fourth-order valence-electron chi connectivity index (χ4n) is 3.33. The van der Waals surface area contributed by atoms with E-state index in [1.807, 2.05) is 0 Å². The summed E-state index contributed by atoms with van der Waals surface area (Å²) in [5.74, 6) is 0. The number of rotatable bonds is 4. The summed E-state index contributed by atoms with van der Waals surface area (Å²) in [6, 6.07) is 19.5. The van der Waals surface area contributed by atoms with Crippen molar-refractivity contribution in [1.29, 1.82) is 0 Å². The molecule has 0 bridgehead atoms. The lowest BCUT2D eigenvalue weighted by Crippen LogP contribution is -2.11. The molecule has 10 heteroatoms. The third kappa shape index (κ3) is 4.27. The zero-order valence-electron chi connectivity index (χ0n) is 16.2. The largest absolute Gasteiger partial charge is 0.435 e. The summed E-state index contributed by atoms with van der Waals surface area (Å²) in [4.78, 5) is -0.156. The van der Waals surface area contributed by atoms with Crippen LogP contribution in [-0.4, -0.2) is 18.2 Å². The zero-order valence-corrected chi connectivity index (χ0v) is 17.8. The van der Waals surface area contributed by atoms with Gasteiger partial charge in [-0.3, -0.25) is 0 Å². The van der Waals surface area contributed by atoms with Crippen LogP contribution in [0.5, 0.6) is 0 Å². The molecule has 0 atom stereocenters. The maximum Gasteiger partial charge on any atom is 0.435 e. The highest BCUT2D eigenvalue weighted by atomic mass is 35.5. The molecule has 2 N–H and O–H groups in total. The molecule has 4 rings (SSSR count). The first kappa shape index (κ1) is 22.1. The van der Waals surface area contributed by atoms with E-state index >= 15 is 0 Å². The minimum absolute atomic E-state index is 0.128. The Morgan fingerprint density at radius 1 is 0.844 bits per heavy atom. The van der Waals surface area contributed by atoms with Crippen molar-refractivity contribution >= 4 is 21.6 Å². The van der Waals surface area contributed by atoms with Crippen molar-refractivity contribution in [3.05, 3.63) is 89.6 Å². The minimum Gasteiger partial charge on any atom is -0.232 e. The molecule has 0 spiro atoms. The number of aromatic nitrogens is 2. The van der Waals surface area contributed by atoms with Crippen molar-refractivity contribution in [2.24, 2.45) is 5.14 Å². The summed E-state index contributed by atoms with van der Waals surface area (Å²) in [6.07, 6.45) is -4.74. The summed E-state index contributed by atoms with van der Waals surface area (Å²) in [6.45, 7) is 0. The smallest absolute Gasteiger partial charge is 0.232 e. The predicted octanol–water partition coefficient (Wildman–Crippen LogP) is 5.53. The average molecular weight is 478 g/mol. The highest BCUT2D eigenvalue weighted by Crippen LogP contribution is 2.43. The maximum absolute atomic E-state index is 14.1. The molecule has 0 saturated carbocycles. The van der Waals surface area contributed by atoms with E-state index in [9.17, 15) is 21.6 Å². The van der Waals surface area contributed by atoms with Gasteiger partial charge in [0, 0.05) is 16.1 Å². The number of sulfonamides is 1. The van der Waals surface area contributed by atoms with Crippen LogP contribution in [0.15, 0.2) is 83.8 Å². The van der Waals surface area contributed by atoms with E-state index in [-0.39, 0.29) is 16.2 Å². The highest BCUT2D eigenvalue weighted by Gasteiger charge is 2.40. The van der Waals surface area contributed by atoms with E-state index < -0.39 is 21.9 Å². The van der Waals surface area contributed by atoms with Crippen LogP contribution >= 0.6 is 11.6 Å². The van der Waals surface area contributed by atoms with Gasteiger partial charge in [-0.2, -0.15) is 18.3 Å². The van der Waals surface area contributed by atoms with E-state index in [0.29, 0.717) is 21.8 Å². The SMILES string of the molecule is NS(=O)(=O)c1ccc(-c2c(-c3ccccc3)c(C(F)(F)F)nn2-c2ccc(Cl)cc2)cc1. The van der Waals surface area contributed by atoms with Crippen molar-refractivity contribution in [2.75, 3.05) is 0 Å². The molecular formula is C22H15ClF3N3O2S. The Labute approximate surface area is 186 Å². The Morgan fingerprint density at radius 2 is 1.44 bits per heavy atom. The predicted molar refractivity (Wildman–Crippen MR) is 116 cm³/mol. The molecule has 0 fully saturated rings. The third-order valence-electron chi connectivity index (χ3n) is 4.74. The van der Waals surface area contributed by atoms with Crippen LogP contribution in [0, 0.1) is 0 Å². The quantitative estimate of drug-likeness (QED) is 0.420. The van der Waals surface area contributed by atoms with Crippen molar-refractivity contribution in [2.45, 2.75) is 11.1 Å². The molecule has 4 aromatic rings. The van der Waals surface area contributed by atoms with Gasteiger partial charge < -0.3 is 0 Å². The monoisotopic (exact) mass is 477 g/mol. The first-order chi connectivity index (χ1) is 15.1. The summed E-state index contributed by atoms with van der Waals surface area (Å²) < 4.78 is 66.6. The Morgan fingerprint density at radius 3 is 1.97 bits per heavy atom.